The van der Waals surface area contributed by atoms with Crippen molar-refractivity contribution in [3.63, 3.8) is 0 Å². The van der Waals surface area contributed by atoms with Gasteiger partial charge in [-0.2, -0.15) is 0 Å². The highest BCUT2D eigenvalue weighted by molar-refractivity contribution is 5.32. The first-order chi connectivity index (χ1) is 9.34. The smallest absolute Gasteiger partial charge is 0.0473 e. The minimum Gasteiger partial charge on any atom is -0.311 e. The van der Waals surface area contributed by atoms with Gasteiger partial charge in [-0.3, -0.25) is 4.90 Å². The van der Waals surface area contributed by atoms with Gasteiger partial charge in [0.2, 0.25) is 0 Å². The molecule has 1 aliphatic heterocycles. The zero-order chi connectivity index (χ0) is 13.1. The van der Waals surface area contributed by atoms with E-state index in [0.717, 1.165) is 19.0 Å². The zero-order valence-electron chi connectivity index (χ0n) is 12.1. The van der Waals surface area contributed by atoms with Gasteiger partial charge in [0, 0.05) is 25.7 Å². The Kier molecular flexibility index (Phi) is 4.19. The highest BCUT2D eigenvalue weighted by Crippen LogP contribution is 2.30. The van der Waals surface area contributed by atoms with Gasteiger partial charge in [0.1, 0.15) is 0 Å². The first-order valence-electron chi connectivity index (χ1n) is 7.83. The Morgan fingerprint density at radius 3 is 2.79 bits per heavy atom. The van der Waals surface area contributed by atoms with Crippen molar-refractivity contribution < 1.29 is 0 Å². The van der Waals surface area contributed by atoms with E-state index in [1.165, 1.54) is 44.2 Å². The molecule has 2 aliphatic rings. The molecule has 104 valence electrons. The van der Waals surface area contributed by atoms with E-state index in [0.29, 0.717) is 6.04 Å². The number of benzene rings is 1. The summed E-state index contributed by atoms with van der Waals surface area (Å²) in [6.45, 7) is 3.39. The Bertz CT molecular complexity index is 409. The first kappa shape index (κ1) is 13.1. The van der Waals surface area contributed by atoms with Gasteiger partial charge < -0.3 is 5.32 Å². The molecule has 1 fully saturated rings. The molecule has 2 heteroatoms. The van der Waals surface area contributed by atoms with E-state index in [9.17, 15) is 0 Å². The van der Waals surface area contributed by atoms with Crippen LogP contribution in [-0.4, -0.2) is 25.0 Å². The van der Waals surface area contributed by atoms with Crippen LogP contribution in [0.3, 0.4) is 0 Å². The maximum absolute atomic E-state index is 3.57. The summed E-state index contributed by atoms with van der Waals surface area (Å²) in [6.07, 6.45) is 7.21. The summed E-state index contributed by atoms with van der Waals surface area (Å²) < 4.78 is 0. The maximum Gasteiger partial charge on any atom is 0.0473 e. The Morgan fingerprint density at radius 2 is 1.95 bits per heavy atom. The number of nitrogens with zero attached hydrogens (tertiary/aromatic N) is 1. The first-order valence-corrected chi connectivity index (χ1v) is 7.83. The highest BCUT2D eigenvalue weighted by atomic mass is 15.2. The van der Waals surface area contributed by atoms with E-state index in [-0.39, 0.29) is 0 Å². The third kappa shape index (κ3) is 3.01. The van der Waals surface area contributed by atoms with Gasteiger partial charge in [0.15, 0.2) is 0 Å². The molecule has 1 aromatic rings. The fourth-order valence-electron chi connectivity index (χ4n) is 3.77. The molecule has 1 aliphatic carbocycles. The van der Waals surface area contributed by atoms with E-state index in [4.69, 9.17) is 0 Å². The fraction of sp³-hybridized carbons (Fsp3) is 0.647. The topological polar surface area (TPSA) is 15.3 Å². The summed E-state index contributed by atoms with van der Waals surface area (Å²) in [5.41, 5.74) is 3.02. The van der Waals surface area contributed by atoms with E-state index in [2.05, 4.69) is 41.5 Å². The van der Waals surface area contributed by atoms with E-state index in [1.54, 1.807) is 5.56 Å². The molecule has 1 saturated carbocycles. The number of hydrogen-bond acceptors (Lipinski definition) is 2. The molecule has 0 amide bonds. The molecular weight excluding hydrogens is 232 g/mol. The minimum atomic E-state index is 0.562. The highest BCUT2D eigenvalue weighted by Gasteiger charge is 2.25. The largest absolute Gasteiger partial charge is 0.311 e. The number of likely N-dealkylation sites (N-methyl/N-ethyl adjacent to an activating group) is 1. The molecule has 1 unspecified atom stereocenters. The molecule has 3 rings (SSSR count). The summed E-state index contributed by atoms with van der Waals surface area (Å²) in [5.74, 6) is 0.924. The average molecular weight is 258 g/mol. The standard InChI is InChI=1S/C17H26N2/c1-19(13-14-7-3-2-4-8-14)17-12-18-11-15-9-5-6-10-16(15)17/h5-6,9-10,14,17-18H,2-4,7-8,11-13H2,1H3. The lowest BCUT2D eigenvalue weighted by Gasteiger charge is -2.36. The van der Waals surface area contributed by atoms with Gasteiger partial charge >= 0.3 is 0 Å². The minimum absolute atomic E-state index is 0.562. The second-order valence-electron chi connectivity index (χ2n) is 6.29. The van der Waals surface area contributed by atoms with Crippen LogP contribution in [0, 0.1) is 5.92 Å². The summed E-state index contributed by atoms with van der Waals surface area (Å²) in [6, 6.07) is 9.49. The molecule has 1 heterocycles. The number of fused-ring (bicyclic) bond motifs is 1. The van der Waals surface area contributed by atoms with Crippen LogP contribution >= 0.6 is 0 Å². The Balaban J connectivity index is 1.68. The van der Waals surface area contributed by atoms with Gasteiger partial charge in [0.25, 0.3) is 0 Å². The van der Waals surface area contributed by atoms with Crippen molar-refractivity contribution in [3.8, 4) is 0 Å². The van der Waals surface area contributed by atoms with Crippen LogP contribution in [0.4, 0.5) is 0 Å². The molecular formula is C17H26N2. The van der Waals surface area contributed by atoms with Crippen molar-refractivity contribution in [1.82, 2.24) is 10.2 Å². The monoisotopic (exact) mass is 258 g/mol. The van der Waals surface area contributed by atoms with Gasteiger partial charge in [-0.25, -0.2) is 0 Å². The fourth-order valence-corrected chi connectivity index (χ4v) is 3.77. The molecule has 1 aromatic carbocycles. The maximum atomic E-state index is 3.57. The van der Waals surface area contributed by atoms with E-state index in [1.807, 2.05) is 0 Å². The lowest BCUT2D eigenvalue weighted by molar-refractivity contribution is 0.173. The lowest BCUT2D eigenvalue weighted by atomic mass is 9.88. The van der Waals surface area contributed by atoms with Crippen LogP contribution in [0.1, 0.15) is 49.3 Å². The van der Waals surface area contributed by atoms with Crippen molar-refractivity contribution in [3.05, 3.63) is 35.4 Å². The molecule has 0 radical (unpaired) electrons. The summed E-state index contributed by atoms with van der Waals surface area (Å²) in [7, 11) is 2.31. The molecule has 0 bridgehead atoms. The van der Waals surface area contributed by atoms with Crippen LogP contribution in [0.15, 0.2) is 24.3 Å². The molecule has 0 spiro atoms. The lowest BCUT2D eigenvalue weighted by Crippen LogP contribution is -2.40. The van der Waals surface area contributed by atoms with Gasteiger partial charge in [0.05, 0.1) is 0 Å². The van der Waals surface area contributed by atoms with Gasteiger partial charge in [-0.1, -0.05) is 43.5 Å². The zero-order valence-corrected chi connectivity index (χ0v) is 12.1. The van der Waals surface area contributed by atoms with Crippen LogP contribution < -0.4 is 5.32 Å². The SMILES string of the molecule is CN(CC1CCCCC1)C1CNCc2ccccc21. The van der Waals surface area contributed by atoms with Crippen molar-refractivity contribution in [2.45, 2.75) is 44.7 Å². The van der Waals surface area contributed by atoms with E-state index >= 15 is 0 Å². The van der Waals surface area contributed by atoms with Crippen LogP contribution in [0.2, 0.25) is 0 Å². The number of hydrogen-bond donors (Lipinski definition) is 1. The number of nitrogens with one attached hydrogen (secondary N) is 1. The normalized spacial score (nSPS) is 24.4. The van der Waals surface area contributed by atoms with Crippen molar-refractivity contribution in [1.29, 1.82) is 0 Å². The molecule has 2 nitrogen and oxygen atoms in total. The Labute approximate surface area is 117 Å². The summed E-state index contributed by atoms with van der Waals surface area (Å²) in [4.78, 5) is 2.58. The average Bonchev–Trinajstić information content (AvgIpc) is 2.47. The summed E-state index contributed by atoms with van der Waals surface area (Å²) >= 11 is 0. The molecule has 1 N–H and O–H groups in total. The summed E-state index contributed by atoms with van der Waals surface area (Å²) in [5, 5.41) is 3.57. The van der Waals surface area contributed by atoms with Gasteiger partial charge in [-0.15, -0.1) is 0 Å². The van der Waals surface area contributed by atoms with E-state index < -0.39 is 0 Å². The molecule has 0 aromatic heterocycles. The number of rotatable bonds is 3. The molecule has 0 saturated heterocycles. The van der Waals surface area contributed by atoms with Crippen LogP contribution in [0.5, 0.6) is 0 Å². The Morgan fingerprint density at radius 1 is 1.16 bits per heavy atom. The Hall–Kier alpha value is -0.860. The predicted molar refractivity (Wildman–Crippen MR) is 80.1 cm³/mol. The quantitative estimate of drug-likeness (QED) is 0.894. The van der Waals surface area contributed by atoms with Crippen molar-refractivity contribution in [2.75, 3.05) is 20.1 Å². The van der Waals surface area contributed by atoms with Crippen LogP contribution in [-0.2, 0) is 6.54 Å². The third-order valence-corrected chi connectivity index (χ3v) is 4.87. The molecule has 1 atom stereocenters. The second-order valence-corrected chi connectivity index (χ2v) is 6.29. The second kappa shape index (κ2) is 6.06. The third-order valence-electron chi connectivity index (χ3n) is 4.87. The van der Waals surface area contributed by atoms with Gasteiger partial charge in [-0.05, 0) is 36.9 Å². The predicted octanol–water partition coefficient (Wildman–Crippen LogP) is 3.34. The van der Waals surface area contributed by atoms with Crippen molar-refractivity contribution in [2.24, 2.45) is 5.92 Å². The van der Waals surface area contributed by atoms with Crippen molar-refractivity contribution >= 4 is 0 Å². The molecule has 19 heavy (non-hydrogen) atoms. The van der Waals surface area contributed by atoms with Crippen LogP contribution in [0.25, 0.3) is 0 Å².